The van der Waals surface area contributed by atoms with Gasteiger partial charge in [-0.2, -0.15) is 0 Å². The molecule has 0 saturated heterocycles. The van der Waals surface area contributed by atoms with Gasteiger partial charge >= 0.3 is 0 Å². The summed E-state index contributed by atoms with van der Waals surface area (Å²) in [6, 6.07) is 16.8. The zero-order valence-corrected chi connectivity index (χ0v) is 13.8. The molecule has 1 unspecified atom stereocenters. The highest BCUT2D eigenvalue weighted by Gasteiger charge is 2.20. The minimum Gasteiger partial charge on any atom is -0.368 e. The van der Waals surface area contributed by atoms with Gasteiger partial charge in [-0.25, -0.2) is 0 Å². The number of primary amides is 1. The summed E-state index contributed by atoms with van der Waals surface area (Å²) in [6.07, 6.45) is 0. The second-order valence-corrected chi connectivity index (χ2v) is 6.08. The molecule has 5 nitrogen and oxygen atoms in total. The molecule has 2 amide bonds. The van der Waals surface area contributed by atoms with Crippen LogP contribution in [0.4, 0.5) is 0 Å². The Morgan fingerprint density at radius 2 is 1.50 bits per heavy atom. The van der Waals surface area contributed by atoms with Crippen molar-refractivity contribution in [2.75, 3.05) is 11.5 Å². The molecular formula is C18H18N2O3S. The lowest BCUT2D eigenvalue weighted by Gasteiger charge is -2.15. The maximum absolute atomic E-state index is 12.0. The zero-order chi connectivity index (χ0) is 17.4. The quantitative estimate of drug-likeness (QED) is 0.718. The van der Waals surface area contributed by atoms with E-state index >= 15 is 0 Å². The maximum atomic E-state index is 12.0. The summed E-state index contributed by atoms with van der Waals surface area (Å²) in [6.45, 7) is 0. The van der Waals surface area contributed by atoms with Crippen molar-refractivity contribution in [3.8, 4) is 0 Å². The molecule has 0 spiro atoms. The van der Waals surface area contributed by atoms with E-state index in [0.717, 1.165) is 0 Å². The minimum absolute atomic E-state index is 0.0390. The van der Waals surface area contributed by atoms with E-state index in [1.54, 1.807) is 48.5 Å². The van der Waals surface area contributed by atoms with Gasteiger partial charge in [-0.05, 0) is 5.56 Å². The van der Waals surface area contributed by atoms with Gasteiger partial charge in [0.15, 0.2) is 5.78 Å². The van der Waals surface area contributed by atoms with Crippen LogP contribution in [0.1, 0.15) is 22.0 Å². The summed E-state index contributed by atoms with van der Waals surface area (Å²) < 4.78 is 0. The molecule has 6 heteroatoms. The highest BCUT2D eigenvalue weighted by molar-refractivity contribution is 8.00. The fourth-order valence-corrected chi connectivity index (χ4v) is 2.83. The van der Waals surface area contributed by atoms with E-state index in [9.17, 15) is 14.4 Å². The van der Waals surface area contributed by atoms with Gasteiger partial charge in [-0.1, -0.05) is 60.7 Å². The second kappa shape index (κ2) is 8.88. The standard InChI is InChI=1S/C18H18N2O3S/c19-18(23)17(14-9-5-2-6-10-14)20-16(22)12-24-11-15(21)13-7-3-1-4-8-13/h1-10,17H,11-12H2,(H2,19,23)(H,20,22). The van der Waals surface area contributed by atoms with Crippen LogP contribution < -0.4 is 11.1 Å². The van der Waals surface area contributed by atoms with Crippen molar-refractivity contribution in [1.82, 2.24) is 5.32 Å². The molecule has 0 bridgehead atoms. The average Bonchev–Trinajstić information content (AvgIpc) is 2.61. The number of carbonyl (C=O) groups is 3. The van der Waals surface area contributed by atoms with E-state index < -0.39 is 11.9 Å². The van der Waals surface area contributed by atoms with E-state index in [2.05, 4.69) is 5.32 Å². The molecule has 0 aliphatic rings. The van der Waals surface area contributed by atoms with E-state index in [-0.39, 0.29) is 23.2 Å². The van der Waals surface area contributed by atoms with Crippen molar-refractivity contribution >= 4 is 29.4 Å². The molecule has 0 aromatic heterocycles. The second-order valence-electron chi connectivity index (χ2n) is 5.10. The normalized spacial score (nSPS) is 11.5. The first-order chi connectivity index (χ1) is 11.6. The van der Waals surface area contributed by atoms with Crippen LogP contribution in [0.5, 0.6) is 0 Å². The summed E-state index contributed by atoms with van der Waals surface area (Å²) in [5, 5.41) is 2.60. The molecule has 24 heavy (non-hydrogen) atoms. The Morgan fingerprint density at radius 1 is 0.917 bits per heavy atom. The number of amides is 2. The third kappa shape index (κ3) is 5.24. The van der Waals surface area contributed by atoms with Gasteiger partial charge in [0.2, 0.25) is 11.8 Å². The lowest BCUT2D eigenvalue weighted by molar-refractivity contribution is -0.126. The van der Waals surface area contributed by atoms with E-state index in [1.807, 2.05) is 12.1 Å². The van der Waals surface area contributed by atoms with E-state index in [0.29, 0.717) is 11.1 Å². The van der Waals surface area contributed by atoms with E-state index in [4.69, 9.17) is 5.73 Å². The number of ketones is 1. The molecule has 2 aromatic carbocycles. The predicted octanol–water partition coefficient (Wildman–Crippen LogP) is 1.95. The van der Waals surface area contributed by atoms with Gasteiger partial charge < -0.3 is 11.1 Å². The number of benzene rings is 2. The van der Waals surface area contributed by atoms with Crippen molar-refractivity contribution in [2.24, 2.45) is 5.73 Å². The number of carbonyl (C=O) groups excluding carboxylic acids is 3. The van der Waals surface area contributed by atoms with Gasteiger partial charge in [0.05, 0.1) is 11.5 Å². The summed E-state index contributed by atoms with van der Waals surface area (Å²) in [7, 11) is 0. The first-order valence-electron chi connectivity index (χ1n) is 7.37. The molecule has 0 fully saturated rings. The zero-order valence-electron chi connectivity index (χ0n) is 13.0. The Labute approximate surface area is 144 Å². The third-order valence-corrected chi connectivity index (χ3v) is 4.22. The van der Waals surface area contributed by atoms with Crippen molar-refractivity contribution in [2.45, 2.75) is 6.04 Å². The number of thioether (sulfide) groups is 1. The van der Waals surface area contributed by atoms with Gasteiger partial charge in [0, 0.05) is 5.56 Å². The van der Waals surface area contributed by atoms with Gasteiger partial charge in [0.1, 0.15) is 6.04 Å². The van der Waals surface area contributed by atoms with Crippen LogP contribution in [0, 0.1) is 0 Å². The summed E-state index contributed by atoms with van der Waals surface area (Å²) in [5.74, 6) is -0.726. The topological polar surface area (TPSA) is 89.3 Å². The lowest BCUT2D eigenvalue weighted by atomic mass is 10.1. The number of hydrogen-bond donors (Lipinski definition) is 2. The van der Waals surface area contributed by atoms with Crippen LogP contribution in [0.2, 0.25) is 0 Å². The highest BCUT2D eigenvalue weighted by Crippen LogP contribution is 2.13. The first kappa shape index (κ1) is 17.7. The van der Waals surface area contributed by atoms with Crippen LogP contribution in [-0.2, 0) is 9.59 Å². The molecule has 1 atom stereocenters. The smallest absolute Gasteiger partial charge is 0.244 e. The summed E-state index contributed by atoms with van der Waals surface area (Å²) >= 11 is 1.20. The Bertz CT molecular complexity index is 705. The monoisotopic (exact) mass is 342 g/mol. The molecular weight excluding hydrogens is 324 g/mol. The molecule has 0 heterocycles. The third-order valence-electron chi connectivity index (χ3n) is 3.28. The fraction of sp³-hybridized carbons (Fsp3) is 0.167. The number of nitrogens with two attached hydrogens (primary N) is 1. The predicted molar refractivity (Wildman–Crippen MR) is 94.6 cm³/mol. The lowest BCUT2D eigenvalue weighted by Crippen LogP contribution is -2.38. The Balaban J connectivity index is 1.84. The highest BCUT2D eigenvalue weighted by atomic mass is 32.2. The maximum Gasteiger partial charge on any atom is 0.244 e. The fourth-order valence-electron chi connectivity index (χ4n) is 2.11. The molecule has 0 saturated carbocycles. The minimum atomic E-state index is -0.871. The van der Waals surface area contributed by atoms with Gasteiger partial charge in [-0.15, -0.1) is 11.8 Å². The molecule has 3 N–H and O–H groups in total. The van der Waals surface area contributed by atoms with Gasteiger partial charge in [-0.3, -0.25) is 14.4 Å². The van der Waals surface area contributed by atoms with Crippen LogP contribution in [0.3, 0.4) is 0 Å². The SMILES string of the molecule is NC(=O)C(NC(=O)CSCC(=O)c1ccccc1)c1ccccc1. The molecule has 0 aliphatic heterocycles. The number of Topliss-reactive ketones (excluding diaryl/α,β-unsaturated/α-hetero) is 1. The number of rotatable bonds is 8. The summed E-state index contributed by atoms with van der Waals surface area (Å²) in [5.41, 5.74) is 6.60. The Hall–Kier alpha value is -2.60. The molecule has 0 radical (unpaired) electrons. The first-order valence-corrected chi connectivity index (χ1v) is 8.53. The largest absolute Gasteiger partial charge is 0.368 e. The van der Waals surface area contributed by atoms with Crippen molar-refractivity contribution in [3.63, 3.8) is 0 Å². The van der Waals surface area contributed by atoms with Crippen LogP contribution in [0.25, 0.3) is 0 Å². The van der Waals surface area contributed by atoms with Crippen molar-refractivity contribution in [1.29, 1.82) is 0 Å². The van der Waals surface area contributed by atoms with E-state index in [1.165, 1.54) is 11.8 Å². The number of hydrogen-bond acceptors (Lipinski definition) is 4. The Kier molecular flexibility index (Phi) is 6.57. The molecule has 0 aliphatic carbocycles. The molecule has 2 aromatic rings. The van der Waals surface area contributed by atoms with Crippen LogP contribution in [-0.4, -0.2) is 29.1 Å². The van der Waals surface area contributed by atoms with Gasteiger partial charge in [0.25, 0.3) is 0 Å². The van der Waals surface area contributed by atoms with Crippen molar-refractivity contribution in [3.05, 3.63) is 71.8 Å². The Morgan fingerprint density at radius 3 is 2.08 bits per heavy atom. The number of nitrogens with one attached hydrogen (secondary N) is 1. The van der Waals surface area contributed by atoms with Crippen LogP contribution in [0.15, 0.2) is 60.7 Å². The summed E-state index contributed by atoms with van der Waals surface area (Å²) in [4.78, 5) is 35.5. The van der Waals surface area contributed by atoms with Crippen LogP contribution >= 0.6 is 11.8 Å². The molecule has 124 valence electrons. The van der Waals surface area contributed by atoms with Crippen molar-refractivity contribution < 1.29 is 14.4 Å². The molecule has 2 rings (SSSR count). The average molecular weight is 342 g/mol.